The first-order valence-electron chi connectivity index (χ1n) is 7.88. The molecule has 128 valence electrons. The van der Waals surface area contributed by atoms with Gasteiger partial charge in [0.15, 0.2) is 5.13 Å². The molecule has 2 amide bonds. The maximum atomic E-state index is 12.0. The molecule has 2 N–H and O–H groups in total. The van der Waals surface area contributed by atoms with Gasteiger partial charge in [0.25, 0.3) is 5.91 Å². The zero-order valence-corrected chi connectivity index (χ0v) is 14.4. The van der Waals surface area contributed by atoms with Crippen LogP contribution < -0.4 is 10.6 Å². The first-order chi connectivity index (χ1) is 11.0. The number of hydrogen-bond donors (Lipinski definition) is 2. The topological polar surface area (TPSA) is 83.6 Å². The molecule has 0 radical (unpaired) electrons. The molecule has 0 spiro atoms. The van der Waals surface area contributed by atoms with E-state index in [4.69, 9.17) is 4.74 Å². The van der Waals surface area contributed by atoms with E-state index < -0.39 is 0 Å². The number of amides is 2. The second-order valence-electron chi connectivity index (χ2n) is 5.89. The van der Waals surface area contributed by atoms with E-state index in [0.29, 0.717) is 23.8 Å². The van der Waals surface area contributed by atoms with Gasteiger partial charge in [0.1, 0.15) is 5.69 Å². The van der Waals surface area contributed by atoms with Crippen molar-refractivity contribution in [1.29, 1.82) is 0 Å². The van der Waals surface area contributed by atoms with E-state index in [1.807, 2.05) is 13.8 Å². The molecule has 1 aliphatic rings. The van der Waals surface area contributed by atoms with Gasteiger partial charge in [-0.05, 0) is 5.92 Å². The fraction of sp³-hybridized carbons (Fsp3) is 0.667. The summed E-state index contributed by atoms with van der Waals surface area (Å²) in [4.78, 5) is 30.1. The molecular weight excluding hydrogens is 316 g/mol. The minimum atomic E-state index is -0.209. The maximum Gasteiger partial charge on any atom is 0.270 e. The zero-order valence-electron chi connectivity index (χ0n) is 13.6. The van der Waals surface area contributed by atoms with Crippen molar-refractivity contribution in [3.8, 4) is 0 Å². The Kier molecular flexibility index (Phi) is 6.94. The van der Waals surface area contributed by atoms with Crippen molar-refractivity contribution in [3.63, 3.8) is 0 Å². The fourth-order valence-electron chi connectivity index (χ4n) is 2.22. The molecule has 1 aromatic rings. The van der Waals surface area contributed by atoms with Crippen LogP contribution in [0, 0.1) is 5.92 Å². The van der Waals surface area contributed by atoms with E-state index >= 15 is 0 Å². The number of anilines is 1. The minimum Gasteiger partial charge on any atom is -0.379 e. The first-order valence-corrected chi connectivity index (χ1v) is 8.76. The quantitative estimate of drug-likeness (QED) is 0.779. The highest BCUT2D eigenvalue weighted by molar-refractivity contribution is 7.14. The Morgan fingerprint density at radius 2 is 2.13 bits per heavy atom. The number of aromatic nitrogens is 1. The van der Waals surface area contributed by atoms with Crippen molar-refractivity contribution < 1.29 is 14.3 Å². The van der Waals surface area contributed by atoms with Gasteiger partial charge in [-0.25, -0.2) is 4.98 Å². The van der Waals surface area contributed by atoms with Crippen LogP contribution in [0.1, 0.15) is 30.8 Å². The van der Waals surface area contributed by atoms with E-state index in [-0.39, 0.29) is 17.7 Å². The molecule has 0 atom stereocenters. The molecule has 23 heavy (non-hydrogen) atoms. The molecular formula is C15H24N4O3S. The number of hydrogen-bond acceptors (Lipinski definition) is 6. The number of nitrogens with one attached hydrogen (secondary N) is 2. The smallest absolute Gasteiger partial charge is 0.270 e. The maximum absolute atomic E-state index is 12.0. The van der Waals surface area contributed by atoms with Crippen molar-refractivity contribution in [1.82, 2.24) is 15.2 Å². The molecule has 1 fully saturated rings. The van der Waals surface area contributed by atoms with Crippen molar-refractivity contribution in [3.05, 3.63) is 11.1 Å². The number of thiazole rings is 1. The summed E-state index contributed by atoms with van der Waals surface area (Å²) in [6.07, 6.45) is 0.445. The number of rotatable bonds is 7. The van der Waals surface area contributed by atoms with E-state index in [9.17, 15) is 9.59 Å². The number of carbonyl (C=O) groups excluding carboxylic acids is 2. The van der Waals surface area contributed by atoms with E-state index in [1.54, 1.807) is 5.38 Å². The average molecular weight is 340 g/mol. The molecule has 1 saturated heterocycles. The molecule has 1 aliphatic heterocycles. The van der Waals surface area contributed by atoms with Gasteiger partial charge in [-0.15, -0.1) is 11.3 Å². The van der Waals surface area contributed by atoms with Gasteiger partial charge in [0.05, 0.1) is 13.2 Å². The predicted octanol–water partition coefficient (Wildman–Crippen LogP) is 1.19. The van der Waals surface area contributed by atoms with Crippen LogP contribution in [0.15, 0.2) is 5.38 Å². The molecule has 0 saturated carbocycles. The molecule has 7 nitrogen and oxygen atoms in total. The molecule has 0 unspecified atom stereocenters. The van der Waals surface area contributed by atoms with Crippen LogP contribution in [-0.4, -0.2) is 61.1 Å². The van der Waals surface area contributed by atoms with Crippen LogP contribution in [0.3, 0.4) is 0 Å². The average Bonchev–Trinajstić information content (AvgIpc) is 2.96. The monoisotopic (exact) mass is 340 g/mol. The third-order valence-electron chi connectivity index (χ3n) is 3.39. The minimum absolute atomic E-state index is 0.0753. The summed E-state index contributed by atoms with van der Waals surface area (Å²) in [7, 11) is 0. The standard InChI is InChI=1S/C15H24N4O3S/c1-11(2)9-13(20)18-15-17-12(10-23-15)14(21)16-3-4-19-5-7-22-8-6-19/h10-11H,3-9H2,1-2H3,(H,16,21)(H,17,18,20). The van der Waals surface area contributed by atoms with Gasteiger partial charge >= 0.3 is 0 Å². The van der Waals surface area contributed by atoms with Crippen LogP contribution in [0.2, 0.25) is 0 Å². The predicted molar refractivity (Wildman–Crippen MR) is 89.8 cm³/mol. The van der Waals surface area contributed by atoms with Gasteiger partial charge in [0.2, 0.25) is 5.91 Å². The van der Waals surface area contributed by atoms with Crippen molar-refractivity contribution >= 4 is 28.3 Å². The Morgan fingerprint density at radius 3 is 2.83 bits per heavy atom. The van der Waals surface area contributed by atoms with Crippen LogP contribution >= 0.6 is 11.3 Å². The lowest BCUT2D eigenvalue weighted by molar-refractivity contribution is -0.116. The Balaban J connectivity index is 1.73. The Hall–Kier alpha value is -1.51. The lowest BCUT2D eigenvalue weighted by atomic mass is 10.1. The lowest BCUT2D eigenvalue weighted by Gasteiger charge is -2.26. The molecule has 0 bridgehead atoms. The van der Waals surface area contributed by atoms with E-state index in [1.165, 1.54) is 11.3 Å². The number of nitrogens with zero attached hydrogens (tertiary/aromatic N) is 2. The Labute approximate surface area is 140 Å². The Morgan fingerprint density at radius 1 is 1.39 bits per heavy atom. The van der Waals surface area contributed by atoms with Crippen molar-refractivity contribution in [2.75, 3.05) is 44.7 Å². The highest BCUT2D eigenvalue weighted by Gasteiger charge is 2.14. The second kappa shape index (κ2) is 8.95. The Bertz CT molecular complexity index is 527. The molecule has 0 aromatic carbocycles. The van der Waals surface area contributed by atoms with Crippen LogP contribution in [0.5, 0.6) is 0 Å². The zero-order chi connectivity index (χ0) is 16.7. The second-order valence-corrected chi connectivity index (χ2v) is 6.75. The first kappa shape index (κ1) is 17.8. The summed E-state index contributed by atoms with van der Waals surface area (Å²) in [5.74, 6) is 0.00501. The van der Waals surface area contributed by atoms with Crippen molar-refractivity contribution in [2.24, 2.45) is 5.92 Å². The normalized spacial score (nSPS) is 15.6. The number of carbonyl (C=O) groups is 2. The van der Waals surface area contributed by atoms with Gasteiger partial charge in [-0.1, -0.05) is 13.8 Å². The molecule has 0 aliphatic carbocycles. The van der Waals surface area contributed by atoms with Gasteiger partial charge in [-0.3, -0.25) is 14.5 Å². The molecule has 1 aromatic heterocycles. The van der Waals surface area contributed by atoms with Gasteiger partial charge in [-0.2, -0.15) is 0 Å². The fourth-order valence-corrected chi connectivity index (χ4v) is 2.93. The van der Waals surface area contributed by atoms with E-state index in [2.05, 4.69) is 20.5 Å². The third-order valence-corrected chi connectivity index (χ3v) is 4.15. The summed E-state index contributed by atoms with van der Waals surface area (Å²) in [6.45, 7) is 8.64. The largest absolute Gasteiger partial charge is 0.379 e. The molecule has 8 heteroatoms. The summed E-state index contributed by atoms with van der Waals surface area (Å²) >= 11 is 1.26. The SMILES string of the molecule is CC(C)CC(=O)Nc1nc(C(=O)NCCN2CCOCC2)cs1. The van der Waals surface area contributed by atoms with Crippen LogP contribution in [0.4, 0.5) is 5.13 Å². The molecule has 2 heterocycles. The summed E-state index contributed by atoms with van der Waals surface area (Å²) in [6, 6.07) is 0. The third kappa shape index (κ3) is 6.25. The van der Waals surface area contributed by atoms with Gasteiger partial charge in [0, 0.05) is 38.0 Å². The summed E-state index contributed by atoms with van der Waals surface area (Å²) < 4.78 is 5.28. The summed E-state index contributed by atoms with van der Waals surface area (Å²) in [5, 5.41) is 7.71. The van der Waals surface area contributed by atoms with Gasteiger partial charge < -0.3 is 15.4 Å². The number of morpholine rings is 1. The van der Waals surface area contributed by atoms with Crippen molar-refractivity contribution in [2.45, 2.75) is 20.3 Å². The van der Waals surface area contributed by atoms with E-state index in [0.717, 1.165) is 32.8 Å². The van der Waals surface area contributed by atoms with Crippen LogP contribution in [-0.2, 0) is 9.53 Å². The molecule has 2 rings (SSSR count). The summed E-state index contributed by atoms with van der Waals surface area (Å²) in [5.41, 5.74) is 0.344. The number of ether oxygens (including phenoxy) is 1. The van der Waals surface area contributed by atoms with Crippen LogP contribution in [0.25, 0.3) is 0 Å². The highest BCUT2D eigenvalue weighted by atomic mass is 32.1. The lowest BCUT2D eigenvalue weighted by Crippen LogP contribution is -2.41. The highest BCUT2D eigenvalue weighted by Crippen LogP contribution is 2.16.